The molecule has 10 heavy (non-hydrogen) atoms. The van der Waals surface area contributed by atoms with E-state index in [0.29, 0.717) is 12.1 Å². The summed E-state index contributed by atoms with van der Waals surface area (Å²) in [5.74, 6) is 0. The molecule has 0 saturated heterocycles. The predicted octanol–water partition coefficient (Wildman–Crippen LogP) is 2.64. The largest absolute Gasteiger partial charge is 0.373 e. The lowest BCUT2D eigenvalue weighted by molar-refractivity contribution is 0.256. The van der Waals surface area contributed by atoms with Gasteiger partial charge in [-0.2, -0.15) is 0 Å². The Bertz CT molecular complexity index is 95.3. The number of hydrogen-bond donors (Lipinski definition) is 0. The van der Waals surface area contributed by atoms with Crippen molar-refractivity contribution in [2.24, 2.45) is 0 Å². The molecule has 1 heteroatoms. The fraction of sp³-hybridized carbons (Fsp3) is 0.778. The third-order valence-electron chi connectivity index (χ3n) is 1.51. The molecule has 0 heterocycles. The highest BCUT2D eigenvalue weighted by Gasteiger charge is 2.06. The van der Waals surface area contributed by atoms with Crippen LogP contribution in [0.3, 0.4) is 0 Å². The molecule has 1 nitrogen and oxygen atoms in total. The Morgan fingerprint density at radius 1 is 1.00 bits per heavy atom. The van der Waals surface area contributed by atoms with Crippen LogP contribution in [-0.2, 0) is 0 Å². The molecule has 0 aliphatic heterocycles. The minimum absolute atomic E-state index is 0.608. The quantitative estimate of drug-likeness (QED) is 0.584. The van der Waals surface area contributed by atoms with Gasteiger partial charge in [-0.25, -0.2) is 0 Å². The van der Waals surface area contributed by atoms with Crippen LogP contribution in [0.1, 0.15) is 34.6 Å². The summed E-state index contributed by atoms with van der Waals surface area (Å²) in [6.07, 6.45) is 4.23. The van der Waals surface area contributed by atoms with Crippen LogP contribution in [0.4, 0.5) is 0 Å². The molecule has 0 unspecified atom stereocenters. The molecule has 60 valence electrons. The van der Waals surface area contributed by atoms with Crippen LogP contribution in [0.15, 0.2) is 12.3 Å². The Morgan fingerprint density at radius 3 is 1.50 bits per heavy atom. The van der Waals surface area contributed by atoms with E-state index in [4.69, 9.17) is 0 Å². The zero-order chi connectivity index (χ0) is 8.15. The first-order chi connectivity index (χ1) is 4.59. The van der Waals surface area contributed by atoms with Gasteiger partial charge in [0.25, 0.3) is 0 Å². The van der Waals surface area contributed by atoms with Crippen LogP contribution in [0.5, 0.6) is 0 Å². The van der Waals surface area contributed by atoms with Crippen LogP contribution in [0.25, 0.3) is 0 Å². The van der Waals surface area contributed by atoms with Crippen molar-refractivity contribution < 1.29 is 0 Å². The van der Waals surface area contributed by atoms with E-state index in [1.54, 1.807) is 0 Å². The van der Waals surface area contributed by atoms with E-state index in [-0.39, 0.29) is 0 Å². The van der Waals surface area contributed by atoms with Crippen molar-refractivity contribution in [1.82, 2.24) is 4.90 Å². The van der Waals surface area contributed by atoms with Crippen LogP contribution in [0, 0.1) is 0 Å². The first-order valence-electron chi connectivity index (χ1n) is 3.99. The van der Waals surface area contributed by atoms with Crippen LogP contribution < -0.4 is 0 Å². The summed E-state index contributed by atoms with van der Waals surface area (Å²) in [5.41, 5.74) is 0. The standard InChI is InChI=1S/C9H19N/c1-6-7-10(8(2)3)9(4)5/h6-9H,1-5H3/b7-6+. The van der Waals surface area contributed by atoms with Crippen molar-refractivity contribution in [3.05, 3.63) is 12.3 Å². The molecule has 0 spiro atoms. The summed E-state index contributed by atoms with van der Waals surface area (Å²) >= 11 is 0. The van der Waals surface area contributed by atoms with Gasteiger partial charge in [0, 0.05) is 12.1 Å². The summed E-state index contributed by atoms with van der Waals surface area (Å²) in [6.45, 7) is 10.9. The van der Waals surface area contributed by atoms with Gasteiger partial charge in [-0.3, -0.25) is 0 Å². The number of allylic oxidation sites excluding steroid dienone is 1. The fourth-order valence-corrected chi connectivity index (χ4v) is 1.11. The first-order valence-corrected chi connectivity index (χ1v) is 3.99. The summed E-state index contributed by atoms with van der Waals surface area (Å²) in [6, 6.07) is 1.22. The topological polar surface area (TPSA) is 3.24 Å². The molecule has 0 N–H and O–H groups in total. The smallest absolute Gasteiger partial charge is 0.0230 e. The average Bonchev–Trinajstić information content (AvgIpc) is 1.81. The molecule has 0 aliphatic carbocycles. The molecule has 0 aliphatic rings. The Balaban J connectivity index is 3.98. The van der Waals surface area contributed by atoms with Crippen molar-refractivity contribution in [3.8, 4) is 0 Å². The highest BCUT2D eigenvalue weighted by atomic mass is 15.1. The second-order valence-electron chi connectivity index (χ2n) is 3.12. The van der Waals surface area contributed by atoms with Gasteiger partial charge in [-0.1, -0.05) is 6.08 Å². The van der Waals surface area contributed by atoms with Gasteiger partial charge in [0.1, 0.15) is 0 Å². The number of hydrogen-bond acceptors (Lipinski definition) is 1. The van der Waals surface area contributed by atoms with Gasteiger partial charge >= 0.3 is 0 Å². The maximum absolute atomic E-state index is 2.33. The zero-order valence-electron chi connectivity index (χ0n) is 7.76. The lowest BCUT2D eigenvalue weighted by Crippen LogP contribution is -2.31. The van der Waals surface area contributed by atoms with Crippen molar-refractivity contribution in [1.29, 1.82) is 0 Å². The lowest BCUT2D eigenvalue weighted by Gasteiger charge is -2.28. The van der Waals surface area contributed by atoms with E-state index in [2.05, 4.69) is 51.8 Å². The lowest BCUT2D eigenvalue weighted by atomic mass is 10.2. The van der Waals surface area contributed by atoms with Crippen LogP contribution >= 0.6 is 0 Å². The molecule has 0 rings (SSSR count). The molecular weight excluding hydrogens is 122 g/mol. The van der Waals surface area contributed by atoms with E-state index in [0.717, 1.165) is 0 Å². The molecule has 0 atom stereocenters. The minimum atomic E-state index is 0.608. The summed E-state index contributed by atoms with van der Waals surface area (Å²) in [5, 5.41) is 0. The highest BCUT2D eigenvalue weighted by molar-refractivity contribution is 4.83. The molecule has 0 saturated carbocycles. The van der Waals surface area contributed by atoms with E-state index < -0.39 is 0 Å². The van der Waals surface area contributed by atoms with Gasteiger partial charge < -0.3 is 4.90 Å². The van der Waals surface area contributed by atoms with Gasteiger partial charge in [-0.05, 0) is 40.8 Å². The van der Waals surface area contributed by atoms with Crippen molar-refractivity contribution in [3.63, 3.8) is 0 Å². The van der Waals surface area contributed by atoms with Crippen molar-refractivity contribution in [2.45, 2.75) is 46.7 Å². The van der Waals surface area contributed by atoms with E-state index in [9.17, 15) is 0 Å². The Morgan fingerprint density at radius 2 is 1.40 bits per heavy atom. The predicted molar refractivity (Wildman–Crippen MR) is 46.9 cm³/mol. The number of nitrogens with zero attached hydrogens (tertiary/aromatic N) is 1. The van der Waals surface area contributed by atoms with Crippen LogP contribution in [-0.4, -0.2) is 17.0 Å². The van der Waals surface area contributed by atoms with Crippen molar-refractivity contribution >= 4 is 0 Å². The van der Waals surface area contributed by atoms with E-state index in [1.807, 2.05) is 0 Å². The average molecular weight is 141 g/mol. The fourth-order valence-electron chi connectivity index (χ4n) is 1.11. The molecule has 0 aromatic carbocycles. The zero-order valence-corrected chi connectivity index (χ0v) is 7.76. The molecule has 0 aromatic rings. The highest BCUT2D eigenvalue weighted by Crippen LogP contribution is 2.04. The SMILES string of the molecule is C/C=C/N(C(C)C)C(C)C. The normalized spacial score (nSPS) is 11.9. The summed E-state index contributed by atoms with van der Waals surface area (Å²) in [7, 11) is 0. The minimum Gasteiger partial charge on any atom is -0.373 e. The molecule has 0 aromatic heterocycles. The summed E-state index contributed by atoms with van der Waals surface area (Å²) < 4.78 is 0. The van der Waals surface area contributed by atoms with Gasteiger partial charge in [0.15, 0.2) is 0 Å². The maximum atomic E-state index is 2.33. The van der Waals surface area contributed by atoms with Gasteiger partial charge in [0.05, 0.1) is 0 Å². The van der Waals surface area contributed by atoms with Gasteiger partial charge in [-0.15, -0.1) is 0 Å². The molecular formula is C9H19N. The Labute approximate surface area is 64.7 Å². The second-order valence-corrected chi connectivity index (χ2v) is 3.12. The Hall–Kier alpha value is -0.460. The monoisotopic (exact) mass is 141 g/mol. The van der Waals surface area contributed by atoms with E-state index >= 15 is 0 Å². The van der Waals surface area contributed by atoms with Crippen molar-refractivity contribution in [2.75, 3.05) is 0 Å². The maximum Gasteiger partial charge on any atom is 0.0230 e. The van der Waals surface area contributed by atoms with Gasteiger partial charge in [0.2, 0.25) is 0 Å². The summed E-state index contributed by atoms with van der Waals surface area (Å²) in [4.78, 5) is 2.33. The third-order valence-corrected chi connectivity index (χ3v) is 1.51. The molecule has 0 bridgehead atoms. The third kappa shape index (κ3) is 2.90. The number of rotatable bonds is 3. The van der Waals surface area contributed by atoms with Crippen LogP contribution in [0.2, 0.25) is 0 Å². The molecule has 0 radical (unpaired) electrons. The Kier molecular flexibility index (Phi) is 4.17. The first kappa shape index (κ1) is 9.54. The molecule has 0 amide bonds. The van der Waals surface area contributed by atoms with E-state index in [1.165, 1.54) is 0 Å². The second kappa shape index (κ2) is 4.37. The molecule has 0 fully saturated rings.